The number of esters is 1. The summed E-state index contributed by atoms with van der Waals surface area (Å²) in [4.78, 5) is 36.0. The molecule has 1 heterocycles. The maximum Gasteiger partial charge on any atom is 0.331 e. The molecule has 1 aliphatic rings. The molecule has 0 aliphatic carbocycles. The molecule has 0 unspecified atom stereocenters. The van der Waals surface area contributed by atoms with E-state index in [4.69, 9.17) is 4.74 Å². The molecule has 1 N–H and O–H groups in total. The first-order chi connectivity index (χ1) is 12.3. The number of hydrogen-bond acceptors (Lipinski definition) is 6. The molecule has 3 rings (SSSR count). The number of fused-ring (bicyclic) bond motifs is 1. The number of benzene rings is 2. The minimum absolute atomic E-state index is 0.0723. The Bertz CT molecular complexity index is 915. The van der Waals surface area contributed by atoms with Crippen molar-refractivity contribution in [3.8, 4) is 5.75 Å². The molecule has 0 radical (unpaired) electrons. The number of rotatable bonds is 4. The maximum atomic E-state index is 12.4. The first kappa shape index (κ1) is 17.9. The molecule has 2 aromatic rings. The topological polar surface area (TPSA) is 102 Å². The molecule has 134 valence electrons. The third-order valence-corrected chi connectivity index (χ3v) is 4.33. The van der Waals surface area contributed by atoms with Gasteiger partial charge in [-0.25, -0.2) is 4.79 Å². The van der Waals surface area contributed by atoms with Crippen molar-refractivity contribution >= 4 is 44.9 Å². The molecule has 1 amide bonds. The lowest BCUT2D eigenvalue weighted by Crippen LogP contribution is -2.41. The average Bonchev–Trinajstić information content (AvgIpc) is 2.56. The van der Waals surface area contributed by atoms with Gasteiger partial charge >= 0.3 is 5.97 Å². The van der Waals surface area contributed by atoms with E-state index in [1.54, 1.807) is 6.07 Å². The Kier molecular flexibility index (Phi) is 4.90. The second-order valence-electron chi connectivity index (χ2n) is 5.75. The van der Waals surface area contributed by atoms with Crippen molar-refractivity contribution < 1.29 is 19.2 Å². The number of non-ortho nitro benzene ring substituents is 1. The Morgan fingerprint density at radius 3 is 2.81 bits per heavy atom. The fourth-order valence-corrected chi connectivity index (χ4v) is 3.10. The van der Waals surface area contributed by atoms with Crippen LogP contribution in [0.3, 0.4) is 0 Å². The Balaban J connectivity index is 1.78. The first-order valence-corrected chi connectivity index (χ1v) is 8.43. The quantitative estimate of drug-likeness (QED) is 0.353. The molecule has 26 heavy (non-hydrogen) atoms. The molecule has 2 aromatic carbocycles. The van der Waals surface area contributed by atoms with Crippen molar-refractivity contribution in [1.82, 2.24) is 0 Å². The van der Waals surface area contributed by atoms with Crippen molar-refractivity contribution in [2.75, 3.05) is 23.3 Å². The highest BCUT2D eigenvalue weighted by Gasteiger charge is 2.27. The predicted molar refractivity (Wildman–Crippen MR) is 98.5 cm³/mol. The molecular weight excluding hydrogens is 406 g/mol. The van der Waals surface area contributed by atoms with Gasteiger partial charge in [0.2, 0.25) is 5.91 Å². The highest BCUT2D eigenvalue weighted by atomic mass is 79.9. The number of hydrogen-bond donors (Lipinski definition) is 1. The minimum atomic E-state index is -0.578. The fourth-order valence-electron chi connectivity index (χ4n) is 2.63. The molecular formula is C17H14BrN3O5. The van der Waals surface area contributed by atoms with Crippen LogP contribution < -0.4 is 15.0 Å². The Morgan fingerprint density at radius 1 is 1.35 bits per heavy atom. The van der Waals surface area contributed by atoms with Crippen molar-refractivity contribution in [2.24, 2.45) is 0 Å². The van der Waals surface area contributed by atoms with Crippen molar-refractivity contribution in [3.63, 3.8) is 0 Å². The second kappa shape index (κ2) is 7.12. The molecule has 0 bridgehead atoms. The number of anilines is 2. The van der Waals surface area contributed by atoms with Crippen LogP contribution >= 0.6 is 15.9 Å². The van der Waals surface area contributed by atoms with Crippen molar-refractivity contribution in [3.05, 3.63) is 56.5 Å². The van der Waals surface area contributed by atoms with Gasteiger partial charge in [0, 0.05) is 16.2 Å². The van der Waals surface area contributed by atoms with Crippen LogP contribution in [0.4, 0.5) is 17.1 Å². The third-order valence-electron chi connectivity index (χ3n) is 3.84. The lowest BCUT2D eigenvalue weighted by molar-refractivity contribution is -0.384. The van der Waals surface area contributed by atoms with E-state index >= 15 is 0 Å². The highest BCUT2D eigenvalue weighted by molar-refractivity contribution is 9.10. The van der Waals surface area contributed by atoms with Crippen LogP contribution in [0.25, 0.3) is 0 Å². The van der Waals surface area contributed by atoms with Gasteiger partial charge in [-0.05, 0) is 36.8 Å². The van der Waals surface area contributed by atoms with Crippen LogP contribution in [0.15, 0.2) is 40.9 Å². The number of nitrogens with one attached hydrogen (secondary N) is 1. The predicted octanol–water partition coefficient (Wildman–Crippen LogP) is 3.03. The number of nitro benzene ring substituents is 1. The fraction of sp³-hybridized carbons (Fsp3) is 0.176. The van der Waals surface area contributed by atoms with Gasteiger partial charge in [-0.3, -0.25) is 14.9 Å². The normalized spacial score (nSPS) is 13.0. The zero-order valence-electron chi connectivity index (χ0n) is 13.7. The summed E-state index contributed by atoms with van der Waals surface area (Å²) < 4.78 is 5.97. The van der Waals surface area contributed by atoms with E-state index in [2.05, 4.69) is 21.2 Å². The number of halogens is 1. The average molecular weight is 420 g/mol. The monoisotopic (exact) mass is 419 g/mol. The number of ether oxygens (including phenoxy) is 1. The van der Waals surface area contributed by atoms with Crippen LogP contribution in [-0.2, 0) is 9.59 Å². The molecule has 1 aliphatic heterocycles. The number of aryl methyl sites for hydroxylation is 1. The van der Waals surface area contributed by atoms with Gasteiger partial charge in [-0.2, -0.15) is 0 Å². The number of nitro groups is 1. The van der Waals surface area contributed by atoms with E-state index in [0.29, 0.717) is 11.4 Å². The van der Waals surface area contributed by atoms with Crippen LogP contribution in [0, 0.1) is 17.0 Å². The lowest BCUT2D eigenvalue weighted by Gasteiger charge is -2.29. The molecule has 9 heteroatoms. The van der Waals surface area contributed by atoms with Crippen molar-refractivity contribution in [2.45, 2.75) is 6.92 Å². The first-order valence-electron chi connectivity index (χ1n) is 7.63. The summed E-state index contributed by atoms with van der Waals surface area (Å²) in [7, 11) is 0. The molecule has 0 atom stereocenters. The van der Waals surface area contributed by atoms with Crippen LogP contribution in [0.2, 0.25) is 0 Å². The minimum Gasteiger partial charge on any atom is -0.423 e. The molecule has 0 saturated carbocycles. The Labute approximate surface area is 157 Å². The van der Waals surface area contributed by atoms with Gasteiger partial charge in [0.05, 0.1) is 23.2 Å². The lowest BCUT2D eigenvalue weighted by atomic mass is 10.2. The molecule has 0 fully saturated rings. The Morgan fingerprint density at radius 2 is 2.12 bits per heavy atom. The number of nitrogens with zero attached hydrogens (tertiary/aromatic N) is 2. The van der Waals surface area contributed by atoms with E-state index in [1.165, 1.54) is 23.1 Å². The molecule has 0 spiro atoms. The SMILES string of the molecule is Cc1cc(Br)ccc1NC(=O)CN1CC(=O)Oc2cc([N+](=O)[O-])ccc21. The molecule has 8 nitrogen and oxygen atoms in total. The molecule has 0 aromatic heterocycles. The van der Waals surface area contributed by atoms with Crippen LogP contribution in [0.5, 0.6) is 5.75 Å². The number of carbonyl (C=O) groups excluding carboxylic acids is 2. The summed E-state index contributed by atoms with van der Waals surface area (Å²) in [5.74, 6) is -0.817. The zero-order valence-corrected chi connectivity index (χ0v) is 15.3. The largest absolute Gasteiger partial charge is 0.423 e. The summed E-state index contributed by atoms with van der Waals surface area (Å²) in [5, 5.41) is 13.7. The van der Waals surface area contributed by atoms with Gasteiger partial charge < -0.3 is 15.0 Å². The van der Waals surface area contributed by atoms with Gasteiger partial charge in [-0.15, -0.1) is 0 Å². The zero-order chi connectivity index (χ0) is 18.8. The van der Waals surface area contributed by atoms with Gasteiger partial charge in [0.15, 0.2) is 5.75 Å². The summed E-state index contributed by atoms with van der Waals surface area (Å²) in [6.45, 7) is 1.67. The van der Waals surface area contributed by atoms with Gasteiger partial charge in [-0.1, -0.05) is 15.9 Å². The van der Waals surface area contributed by atoms with Gasteiger partial charge in [0.25, 0.3) is 5.69 Å². The van der Waals surface area contributed by atoms with E-state index in [0.717, 1.165) is 10.0 Å². The third kappa shape index (κ3) is 3.83. The van der Waals surface area contributed by atoms with E-state index in [1.807, 2.05) is 19.1 Å². The van der Waals surface area contributed by atoms with E-state index in [9.17, 15) is 19.7 Å². The maximum absolute atomic E-state index is 12.4. The number of carbonyl (C=O) groups is 2. The smallest absolute Gasteiger partial charge is 0.331 e. The summed E-state index contributed by atoms with van der Waals surface area (Å²) in [6.07, 6.45) is 0. The summed E-state index contributed by atoms with van der Waals surface area (Å²) >= 11 is 3.36. The number of amides is 1. The molecule has 0 saturated heterocycles. The highest BCUT2D eigenvalue weighted by Crippen LogP contribution is 2.35. The summed E-state index contributed by atoms with van der Waals surface area (Å²) in [6, 6.07) is 9.42. The second-order valence-corrected chi connectivity index (χ2v) is 6.66. The van der Waals surface area contributed by atoms with Gasteiger partial charge in [0.1, 0.15) is 6.54 Å². The van der Waals surface area contributed by atoms with Crippen LogP contribution in [0.1, 0.15) is 5.56 Å². The van der Waals surface area contributed by atoms with Crippen molar-refractivity contribution in [1.29, 1.82) is 0 Å². The van der Waals surface area contributed by atoms with E-state index < -0.39 is 10.9 Å². The van der Waals surface area contributed by atoms with Crippen LogP contribution in [-0.4, -0.2) is 29.9 Å². The standard InChI is InChI=1S/C17H14BrN3O5/c1-10-6-11(18)2-4-13(10)19-16(22)8-20-9-17(23)26-15-7-12(21(24)25)3-5-14(15)20/h2-7H,8-9H2,1H3,(H,19,22). The van der Waals surface area contributed by atoms with E-state index in [-0.39, 0.29) is 30.4 Å². The Hall–Kier alpha value is -2.94. The summed E-state index contributed by atoms with van der Waals surface area (Å²) in [5.41, 5.74) is 1.83.